The van der Waals surface area contributed by atoms with E-state index < -0.39 is 17.7 Å². The number of nitrogens with two attached hydrogens (primary N) is 1. The van der Waals surface area contributed by atoms with Crippen LogP contribution in [0.5, 0.6) is 0 Å². The summed E-state index contributed by atoms with van der Waals surface area (Å²) < 4.78 is 27.0. The van der Waals surface area contributed by atoms with E-state index in [0.29, 0.717) is 5.56 Å². The lowest BCUT2D eigenvalue weighted by Gasteiger charge is -2.13. The SMILES string of the molecule is NC(c1cccc(I)c1)c1ccc(F)c(F)c1. The summed E-state index contributed by atoms with van der Waals surface area (Å²) in [4.78, 5) is 0. The summed E-state index contributed by atoms with van der Waals surface area (Å²) in [6, 6.07) is 10.9. The fourth-order valence-electron chi connectivity index (χ4n) is 1.60. The minimum Gasteiger partial charge on any atom is -0.320 e. The topological polar surface area (TPSA) is 26.0 Å². The number of benzene rings is 2. The van der Waals surface area contributed by atoms with Crippen LogP contribution in [-0.4, -0.2) is 0 Å². The summed E-state index contributed by atoms with van der Waals surface area (Å²) in [5, 5.41) is 0. The van der Waals surface area contributed by atoms with Gasteiger partial charge in [-0.1, -0.05) is 18.2 Å². The van der Waals surface area contributed by atoms with Crippen molar-refractivity contribution in [1.82, 2.24) is 0 Å². The van der Waals surface area contributed by atoms with E-state index in [4.69, 9.17) is 5.73 Å². The number of hydrogen-bond donors (Lipinski definition) is 1. The lowest BCUT2D eigenvalue weighted by molar-refractivity contribution is 0.506. The standard InChI is InChI=1S/C13H10F2IN/c14-11-5-4-9(7-12(11)15)13(17)8-2-1-3-10(16)6-8/h1-7,13H,17H2. The summed E-state index contributed by atoms with van der Waals surface area (Å²) in [5.41, 5.74) is 7.45. The summed E-state index contributed by atoms with van der Waals surface area (Å²) in [6.45, 7) is 0. The van der Waals surface area contributed by atoms with Crippen molar-refractivity contribution < 1.29 is 8.78 Å². The van der Waals surface area contributed by atoms with Gasteiger partial charge in [-0.2, -0.15) is 0 Å². The van der Waals surface area contributed by atoms with Gasteiger partial charge >= 0.3 is 0 Å². The molecule has 0 heterocycles. The molecule has 0 radical (unpaired) electrons. The molecule has 0 bridgehead atoms. The Morgan fingerprint density at radius 2 is 1.65 bits per heavy atom. The Balaban J connectivity index is 2.36. The smallest absolute Gasteiger partial charge is 0.159 e. The van der Waals surface area contributed by atoms with Crippen LogP contribution in [0, 0.1) is 15.2 Å². The predicted octanol–water partition coefficient (Wildman–Crippen LogP) is 3.62. The summed E-state index contributed by atoms with van der Waals surface area (Å²) in [6.07, 6.45) is 0. The molecule has 1 nitrogen and oxygen atoms in total. The molecule has 0 fully saturated rings. The highest BCUT2D eigenvalue weighted by Crippen LogP contribution is 2.22. The fourth-order valence-corrected chi connectivity index (χ4v) is 2.17. The van der Waals surface area contributed by atoms with Crippen LogP contribution in [0.3, 0.4) is 0 Å². The molecule has 17 heavy (non-hydrogen) atoms. The molecule has 4 heteroatoms. The van der Waals surface area contributed by atoms with Crippen LogP contribution in [0.1, 0.15) is 17.2 Å². The maximum atomic E-state index is 13.1. The van der Waals surface area contributed by atoms with Crippen LogP contribution in [0.2, 0.25) is 0 Å². The third-order valence-corrected chi connectivity index (χ3v) is 3.18. The molecule has 0 saturated heterocycles. The second kappa shape index (κ2) is 5.10. The number of hydrogen-bond acceptors (Lipinski definition) is 1. The van der Waals surface area contributed by atoms with Crippen LogP contribution in [0.15, 0.2) is 42.5 Å². The van der Waals surface area contributed by atoms with E-state index in [-0.39, 0.29) is 0 Å². The van der Waals surface area contributed by atoms with Crippen molar-refractivity contribution in [2.75, 3.05) is 0 Å². The third kappa shape index (κ3) is 2.81. The van der Waals surface area contributed by atoms with Crippen LogP contribution in [0.4, 0.5) is 8.78 Å². The Labute approximate surface area is 112 Å². The monoisotopic (exact) mass is 345 g/mol. The van der Waals surface area contributed by atoms with Gasteiger partial charge in [-0.15, -0.1) is 0 Å². The van der Waals surface area contributed by atoms with Crippen LogP contribution < -0.4 is 5.73 Å². The quantitative estimate of drug-likeness (QED) is 0.827. The highest BCUT2D eigenvalue weighted by molar-refractivity contribution is 14.1. The first kappa shape index (κ1) is 12.4. The zero-order chi connectivity index (χ0) is 12.4. The van der Waals surface area contributed by atoms with Crippen LogP contribution >= 0.6 is 22.6 Å². The molecule has 0 aliphatic rings. The van der Waals surface area contributed by atoms with Gasteiger partial charge in [0, 0.05) is 3.57 Å². The molecule has 0 spiro atoms. The van der Waals surface area contributed by atoms with Gasteiger partial charge in [0.05, 0.1) is 6.04 Å². The molecule has 0 aromatic heterocycles. The average Bonchev–Trinajstić information content (AvgIpc) is 2.32. The number of halogens is 3. The molecule has 88 valence electrons. The third-order valence-electron chi connectivity index (χ3n) is 2.51. The van der Waals surface area contributed by atoms with Crippen LogP contribution in [-0.2, 0) is 0 Å². The van der Waals surface area contributed by atoms with E-state index in [1.807, 2.05) is 24.3 Å². The van der Waals surface area contributed by atoms with E-state index in [0.717, 1.165) is 21.3 Å². The first-order valence-corrected chi connectivity index (χ1v) is 6.12. The van der Waals surface area contributed by atoms with Crippen molar-refractivity contribution in [3.8, 4) is 0 Å². The molecule has 0 saturated carbocycles. The van der Waals surface area contributed by atoms with Gasteiger partial charge in [0.2, 0.25) is 0 Å². The first-order chi connectivity index (χ1) is 8.08. The Kier molecular flexibility index (Phi) is 3.73. The minimum absolute atomic E-state index is 0.445. The van der Waals surface area contributed by atoms with Crippen molar-refractivity contribution in [1.29, 1.82) is 0 Å². The molecular formula is C13H10F2IN. The minimum atomic E-state index is -0.872. The molecule has 1 unspecified atom stereocenters. The Morgan fingerprint density at radius 1 is 0.941 bits per heavy atom. The largest absolute Gasteiger partial charge is 0.320 e. The maximum Gasteiger partial charge on any atom is 0.159 e. The molecule has 2 aromatic rings. The van der Waals surface area contributed by atoms with Crippen LogP contribution in [0.25, 0.3) is 0 Å². The van der Waals surface area contributed by atoms with Gasteiger partial charge in [-0.3, -0.25) is 0 Å². The van der Waals surface area contributed by atoms with Gasteiger partial charge in [0.15, 0.2) is 11.6 Å². The summed E-state index contributed by atoms with van der Waals surface area (Å²) in [5.74, 6) is -1.73. The van der Waals surface area contributed by atoms with E-state index >= 15 is 0 Å². The molecule has 0 aliphatic carbocycles. The van der Waals surface area contributed by atoms with Crippen molar-refractivity contribution in [3.63, 3.8) is 0 Å². The maximum absolute atomic E-state index is 13.1. The Bertz CT molecular complexity index is 543. The molecule has 2 rings (SSSR count). The van der Waals surface area contributed by atoms with E-state index in [2.05, 4.69) is 22.6 Å². The van der Waals surface area contributed by atoms with Gasteiger partial charge in [-0.25, -0.2) is 8.78 Å². The second-order valence-electron chi connectivity index (χ2n) is 3.71. The molecule has 1 atom stereocenters. The molecular weight excluding hydrogens is 335 g/mol. The van der Waals surface area contributed by atoms with E-state index in [1.54, 1.807) is 0 Å². The molecule has 2 aromatic carbocycles. The predicted molar refractivity (Wildman–Crippen MR) is 71.5 cm³/mol. The molecule has 0 aliphatic heterocycles. The van der Waals surface area contributed by atoms with Crippen molar-refractivity contribution >= 4 is 22.6 Å². The van der Waals surface area contributed by atoms with Crippen molar-refractivity contribution in [2.45, 2.75) is 6.04 Å². The fraction of sp³-hybridized carbons (Fsp3) is 0.0769. The highest BCUT2D eigenvalue weighted by Gasteiger charge is 2.11. The summed E-state index contributed by atoms with van der Waals surface area (Å²) in [7, 11) is 0. The van der Waals surface area contributed by atoms with Crippen molar-refractivity contribution in [3.05, 3.63) is 68.8 Å². The van der Waals surface area contributed by atoms with Gasteiger partial charge in [0.1, 0.15) is 0 Å². The summed E-state index contributed by atoms with van der Waals surface area (Å²) >= 11 is 2.18. The normalized spacial score (nSPS) is 12.5. The lowest BCUT2D eigenvalue weighted by atomic mass is 10.00. The number of rotatable bonds is 2. The van der Waals surface area contributed by atoms with Gasteiger partial charge < -0.3 is 5.73 Å². The Morgan fingerprint density at radius 3 is 2.29 bits per heavy atom. The van der Waals surface area contributed by atoms with E-state index in [9.17, 15) is 8.78 Å². The zero-order valence-electron chi connectivity index (χ0n) is 8.83. The molecule has 0 amide bonds. The zero-order valence-corrected chi connectivity index (χ0v) is 11.0. The first-order valence-electron chi connectivity index (χ1n) is 5.04. The van der Waals surface area contributed by atoms with Gasteiger partial charge in [-0.05, 0) is 58.0 Å². The van der Waals surface area contributed by atoms with Crippen molar-refractivity contribution in [2.24, 2.45) is 5.73 Å². The Hall–Kier alpha value is -1.01. The second-order valence-corrected chi connectivity index (χ2v) is 4.95. The lowest BCUT2D eigenvalue weighted by Crippen LogP contribution is -2.12. The molecule has 2 N–H and O–H groups in total. The average molecular weight is 345 g/mol. The van der Waals surface area contributed by atoms with Gasteiger partial charge in [0.25, 0.3) is 0 Å². The van der Waals surface area contributed by atoms with E-state index in [1.165, 1.54) is 6.07 Å². The highest BCUT2D eigenvalue weighted by atomic mass is 127.